The Morgan fingerprint density at radius 3 is 2.19 bits per heavy atom. The van der Waals surface area contributed by atoms with Crippen molar-refractivity contribution in [2.45, 2.75) is 31.1 Å². The lowest BCUT2D eigenvalue weighted by molar-refractivity contribution is -0.117. The monoisotopic (exact) mass is 456 g/mol. The van der Waals surface area contributed by atoms with E-state index < -0.39 is 10.0 Å². The molecule has 1 N–H and O–H groups in total. The number of hydrogen-bond donors (Lipinski definition) is 1. The second-order valence-electron chi connectivity index (χ2n) is 8.59. The van der Waals surface area contributed by atoms with Gasteiger partial charge in [-0.1, -0.05) is 24.6 Å². The third-order valence-electron chi connectivity index (χ3n) is 6.29. The number of rotatable bonds is 6. The summed E-state index contributed by atoms with van der Waals surface area (Å²) in [6.07, 6.45) is 2.90. The second-order valence-corrected chi connectivity index (χ2v) is 10.5. The van der Waals surface area contributed by atoms with E-state index in [0.717, 1.165) is 45.4 Å². The van der Waals surface area contributed by atoms with E-state index >= 15 is 0 Å². The fourth-order valence-corrected chi connectivity index (χ4v) is 5.95. The quantitative estimate of drug-likeness (QED) is 0.724. The smallest absolute Gasteiger partial charge is 0.243 e. The van der Waals surface area contributed by atoms with Crippen LogP contribution in [0.4, 0.5) is 11.4 Å². The second kappa shape index (κ2) is 10.0. The molecule has 2 aliphatic heterocycles. The zero-order valence-corrected chi connectivity index (χ0v) is 19.5. The van der Waals surface area contributed by atoms with Gasteiger partial charge < -0.3 is 10.2 Å². The average Bonchev–Trinajstić information content (AvgIpc) is 2.81. The highest BCUT2D eigenvalue weighted by molar-refractivity contribution is 7.89. The van der Waals surface area contributed by atoms with Crippen molar-refractivity contribution in [2.75, 3.05) is 56.0 Å². The van der Waals surface area contributed by atoms with E-state index in [9.17, 15) is 13.2 Å². The molecule has 1 amide bonds. The molecule has 0 saturated carbocycles. The fourth-order valence-electron chi connectivity index (χ4n) is 4.43. The minimum Gasteiger partial charge on any atom is -0.369 e. The summed E-state index contributed by atoms with van der Waals surface area (Å²) < 4.78 is 27.1. The summed E-state index contributed by atoms with van der Waals surface area (Å²) in [5.74, 6) is -0.0824. The molecule has 8 heteroatoms. The maximum atomic E-state index is 12.8. The van der Waals surface area contributed by atoms with Crippen molar-refractivity contribution in [3.8, 4) is 0 Å². The Labute approximate surface area is 191 Å². The van der Waals surface area contributed by atoms with Crippen LogP contribution in [-0.2, 0) is 14.8 Å². The fraction of sp³-hybridized carbons (Fsp3) is 0.458. The van der Waals surface area contributed by atoms with Gasteiger partial charge in [-0.05, 0) is 55.7 Å². The molecule has 2 aromatic rings. The van der Waals surface area contributed by atoms with Gasteiger partial charge in [-0.25, -0.2) is 8.42 Å². The third-order valence-corrected chi connectivity index (χ3v) is 8.20. The number of hydrogen-bond acceptors (Lipinski definition) is 5. The molecule has 2 heterocycles. The Morgan fingerprint density at radius 1 is 0.875 bits per heavy atom. The van der Waals surface area contributed by atoms with Gasteiger partial charge in [0.05, 0.1) is 11.4 Å². The third kappa shape index (κ3) is 5.31. The van der Waals surface area contributed by atoms with E-state index in [1.807, 2.05) is 0 Å². The van der Waals surface area contributed by atoms with Crippen LogP contribution >= 0.6 is 0 Å². The summed E-state index contributed by atoms with van der Waals surface area (Å²) >= 11 is 0. The SMILES string of the molecule is Cc1ccccc1N1CCN(CC(=O)Nc2ccc(S(=O)(=O)N3CCCCC3)cc2)CC1. The molecule has 2 saturated heterocycles. The van der Waals surface area contributed by atoms with Gasteiger partial charge in [-0.2, -0.15) is 4.31 Å². The number of piperazine rings is 1. The topological polar surface area (TPSA) is 73.0 Å². The van der Waals surface area contributed by atoms with Crippen LogP contribution < -0.4 is 10.2 Å². The molecule has 32 heavy (non-hydrogen) atoms. The van der Waals surface area contributed by atoms with Gasteiger partial charge in [-0.15, -0.1) is 0 Å². The molecule has 0 unspecified atom stereocenters. The zero-order valence-electron chi connectivity index (χ0n) is 18.7. The largest absolute Gasteiger partial charge is 0.369 e. The first-order chi connectivity index (χ1) is 15.4. The van der Waals surface area contributed by atoms with E-state index in [1.165, 1.54) is 11.3 Å². The van der Waals surface area contributed by atoms with Gasteiger partial charge >= 0.3 is 0 Å². The van der Waals surface area contributed by atoms with E-state index in [4.69, 9.17) is 0 Å². The molecular weight excluding hydrogens is 424 g/mol. The Kier molecular flexibility index (Phi) is 7.13. The summed E-state index contributed by atoms with van der Waals surface area (Å²) in [5.41, 5.74) is 3.15. The van der Waals surface area contributed by atoms with E-state index in [1.54, 1.807) is 28.6 Å². The first-order valence-corrected chi connectivity index (χ1v) is 12.8. The lowest BCUT2D eigenvalue weighted by Crippen LogP contribution is -2.48. The maximum absolute atomic E-state index is 12.8. The normalized spacial score (nSPS) is 18.5. The van der Waals surface area contributed by atoms with Crippen molar-refractivity contribution in [3.05, 3.63) is 54.1 Å². The molecule has 0 spiro atoms. The van der Waals surface area contributed by atoms with Gasteiger partial charge in [-0.3, -0.25) is 9.69 Å². The highest BCUT2D eigenvalue weighted by Gasteiger charge is 2.26. The van der Waals surface area contributed by atoms with Gasteiger partial charge in [0.1, 0.15) is 0 Å². The van der Waals surface area contributed by atoms with Crippen LogP contribution in [0.1, 0.15) is 24.8 Å². The Bertz CT molecular complexity index is 1030. The van der Waals surface area contributed by atoms with Crippen molar-refractivity contribution >= 4 is 27.3 Å². The molecule has 2 fully saturated rings. The average molecular weight is 457 g/mol. The molecule has 7 nitrogen and oxygen atoms in total. The van der Waals surface area contributed by atoms with Crippen molar-refractivity contribution in [2.24, 2.45) is 0 Å². The number of piperidine rings is 1. The number of para-hydroxylation sites is 1. The molecule has 172 valence electrons. The van der Waals surface area contributed by atoms with Crippen LogP contribution in [-0.4, -0.2) is 69.3 Å². The van der Waals surface area contributed by atoms with Crippen LogP contribution in [0.2, 0.25) is 0 Å². The van der Waals surface area contributed by atoms with Crippen LogP contribution in [0, 0.1) is 6.92 Å². The predicted octanol–water partition coefficient (Wildman–Crippen LogP) is 2.93. The number of amides is 1. The van der Waals surface area contributed by atoms with E-state index in [-0.39, 0.29) is 10.8 Å². The molecular formula is C24H32N4O3S. The number of sulfonamides is 1. The Morgan fingerprint density at radius 2 is 1.53 bits per heavy atom. The molecule has 4 rings (SSSR count). The van der Waals surface area contributed by atoms with Crippen LogP contribution in [0.15, 0.2) is 53.4 Å². The maximum Gasteiger partial charge on any atom is 0.243 e. The summed E-state index contributed by atoms with van der Waals surface area (Å²) in [7, 11) is -3.45. The molecule has 2 aromatic carbocycles. The number of carbonyl (C=O) groups is 1. The van der Waals surface area contributed by atoms with Crippen molar-refractivity contribution in [1.82, 2.24) is 9.21 Å². The molecule has 0 radical (unpaired) electrons. The predicted molar refractivity (Wildman–Crippen MR) is 128 cm³/mol. The molecule has 0 bridgehead atoms. The molecule has 0 aromatic heterocycles. The number of aryl methyl sites for hydroxylation is 1. The van der Waals surface area contributed by atoms with Gasteiger partial charge in [0.15, 0.2) is 0 Å². The lowest BCUT2D eigenvalue weighted by atomic mass is 10.1. The summed E-state index contributed by atoms with van der Waals surface area (Å²) in [4.78, 5) is 17.3. The number of anilines is 2. The summed E-state index contributed by atoms with van der Waals surface area (Å²) in [6.45, 7) is 7.05. The van der Waals surface area contributed by atoms with Crippen molar-refractivity contribution in [1.29, 1.82) is 0 Å². The van der Waals surface area contributed by atoms with Crippen molar-refractivity contribution in [3.63, 3.8) is 0 Å². The zero-order chi connectivity index (χ0) is 22.6. The van der Waals surface area contributed by atoms with E-state index in [0.29, 0.717) is 25.3 Å². The standard InChI is InChI=1S/C24H32N4O3S/c1-20-7-3-4-8-23(20)27-17-15-26(16-18-27)19-24(29)25-21-9-11-22(12-10-21)32(30,31)28-13-5-2-6-14-28/h3-4,7-12H,2,5-6,13-19H2,1H3,(H,25,29). The van der Waals surface area contributed by atoms with Gasteiger partial charge in [0, 0.05) is 50.6 Å². The first kappa shape index (κ1) is 22.8. The van der Waals surface area contributed by atoms with Crippen molar-refractivity contribution < 1.29 is 13.2 Å². The number of carbonyl (C=O) groups excluding carboxylic acids is 1. The Balaban J connectivity index is 1.28. The highest BCUT2D eigenvalue weighted by atomic mass is 32.2. The van der Waals surface area contributed by atoms with Gasteiger partial charge in [0.2, 0.25) is 15.9 Å². The van der Waals surface area contributed by atoms with Crippen LogP contribution in [0.3, 0.4) is 0 Å². The van der Waals surface area contributed by atoms with Crippen LogP contribution in [0.25, 0.3) is 0 Å². The minimum atomic E-state index is -3.45. The highest BCUT2D eigenvalue weighted by Crippen LogP contribution is 2.23. The molecule has 2 aliphatic rings. The Hall–Kier alpha value is -2.42. The lowest BCUT2D eigenvalue weighted by Gasteiger charge is -2.36. The number of nitrogens with zero attached hydrogens (tertiary/aromatic N) is 3. The van der Waals surface area contributed by atoms with E-state index in [2.05, 4.69) is 46.3 Å². The number of benzene rings is 2. The summed E-state index contributed by atoms with van der Waals surface area (Å²) in [6, 6.07) is 14.9. The molecule has 0 atom stereocenters. The minimum absolute atomic E-state index is 0.0824. The molecule has 0 aliphatic carbocycles. The first-order valence-electron chi connectivity index (χ1n) is 11.4. The number of nitrogens with one attached hydrogen (secondary N) is 1. The summed E-state index contributed by atoms with van der Waals surface area (Å²) in [5, 5.41) is 2.90. The van der Waals surface area contributed by atoms with Crippen LogP contribution in [0.5, 0.6) is 0 Å². The van der Waals surface area contributed by atoms with Gasteiger partial charge in [0.25, 0.3) is 0 Å².